The zero-order chi connectivity index (χ0) is 23.1. The van der Waals surface area contributed by atoms with Crippen molar-refractivity contribution >= 4 is 21.4 Å². The Morgan fingerprint density at radius 3 is 2.28 bits per heavy atom. The number of anilines is 1. The van der Waals surface area contributed by atoms with E-state index in [9.17, 15) is 13.2 Å². The van der Waals surface area contributed by atoms with Gasteiger partial charge in [-0.3, -0.25) is 4.79 Å². The molecule has 32 heavy (non-hydrogen) atoms. The van der Waals surface area contributed by atoms with Gasteiger partial charge in [0.05, 0.1) is 11.5 Å². The minimum atomic E-state index is -3.12. The van der Waals surface area contributed by atoms with E-state index in [2.05, 4.69) is 37.5 Å². The van der Waals surface area contributed by atoms with Crippen LogP contribution in [0.4, 0.5) is 5.69 Å². The summed E-state index contributed by atoms with van der Waals surface area (Å²) in [6.45, 7) is 10.5. The fraction of sp³-hybridized carbons (Fsp3) is 0.400. The van der Waals surface area contributed by atoms with Gasteiger partial charge in [0.25, 0.3) is 5.91 Å². The van der Waals surface area contributed by atoms with E-state index in [1.54, 1.807) is 35.2 Å². The highest BCUT2D eigenvalue weighted by atomic mass is 32.2. The van der Waals surface area contributed by atoms with Crippen molar-refractivity contribution in [3.63, 3.8) is 0 Å². The first kappa shape index (κ1) is 23.9. The summed E-state index contributed by atoms with van der Waals surface area (Å²) in [4.78, 5) is 17.4. The van der Waals surface area contributed by atoms with Crippen LogP contribution in [0.2, 0.25) is 0 Å². The number of carbonyl (C=O) groups excluding carboxylic acids is 1. The highest BCUT2D eigenvalue weighted by molar-refractivity contribution is 7.91. The zero-order valence-electron chi connectivity index (χ0n) is 18.9. The molecule has 1 heterocycles. The second-order valence-electron chi connectivity index (χ2n) is 7.95. The van der Waals surface area contributed by atoms with Crippen molar-refractivity contribution in [2.45, 2.75) is 32.9 Å². The average molecular weight is 457 g/mol. The number of rotatable bonds is 10. The summed E-state index contributed by atoms with van der Waals surface area (Å²) >= 11 is 0. The lowest BCUT2D eigenvalue weighted by Crippen LogP contribution is -2.40. The smallest absolute Gasteiger partial charge is 0.254 e. The second-order valence-corrected chi connectivity index (χ2v) is 10.2. The van der Waals surface area contributed by atoms with E-state index in [-0.39, 0.29) is 23.5 Å². The highest BCUT2D eigenvalue weighted by Gasteiger charge is 2.35. The molecule has 1 fully saturated rings. The number of nitrogens with zero attached hydrogens (tertiary/aromatic N) is 2. The van der Waals surface area contributed by atoms with Crippen molar-refractivity contribution in [2.75, 3.05) is 36.1 Å². The van der Waals surface area contributed by atoms with E-state index in [4.69, 9.17) is 4.74 Å². The number of amides is 1. The number of hydrogen-bond donors (Lipinski definition) is 0. The molecule has 1 atom stereocenters. The van der Waals surface area contributed by atoms with E-state index in [1.165, 1.54) is 0 Å². The first-order valence-corrected chi connectivity index (χ1v) is 12.9. The molecule has 7 heteroatoms. The maximum absolute atomic E-state index is 13.4. The van der Waals surface area contributed by atoms with Crippen LogP contribution in [0.15, 0.2) is 61.2 Å². The standard InChI is InChI=1S/C25H32N2O4S/c1-4-16-31-24-13-9-21(10-14-24)25(28)27(23-15-17-32(29,30)19-23)18-20-7-11-22(12-8-20)26(5-2)6-3/h4,7-14,23H,1,5-6,15-19H2,2-3H3. The predicted octanol–water partition coefficient (Wildman–Crippen LogP) is 3.93. The Bertz CT molecular complexity index is 1010. The lowest BCUT2D eigenvalue weighted by molar-refractivity contribution is 0.0681. The molecular weight excluding hydrogens is 424 g/mol. The molecule has 3 rings (SSSR count). The Hall–Kier alpha value is -2.80. The van der Waals surface area contributed by atoms with Gasteiger partial charge >= 0.3 is 0 Å². The van der Waals surface area contributed by atoms with Gasteiger partial charge < -0.3 is 14.5 Å². The number of sulfone groups is 1. The fourth-order valence-corrected chi connectivity index (χ4v) is 5.73. The van der Waals surface area contributed by atoms with E-state index < -0.39 is 9.84 Å². The van der Waals surface area contributed by atoms with Gasteiger partial charge in [0.1, 0.15) is 12.4 Å². The largest absolute Gasteiger partial charge is 0.490 e. The topological polar surface area (TPSA) is 66.9 Å². The molecule has 1 saturated heterocycles. The summed E-state index contributed by atoms with van der Waals surface area (Å²) in [5, 5.41) is 0. The van der Waals surface area contributed by atoms with Crippen LogP contribution in [0.3, 0.4) is 0 Å². The Morgan fingerprint density at radius 1 is 1.09 bits per heavy atom. The number of ether oxygens (including phenoxy) is 1. The molecule has 0 radical (unpaired) electrons. The molecule has 0 N–H and O–H groups in total. The van der Waals surface area contributed by atoms with Crippen LogP contribution in [-0.4, -0.2) is 56.5 Å². The molecular formula is C25H32N2O4S. The van der Waals surface area contributed by atoms with E-state index in [0.717, 1.165) is 24.3 Å². The SMILES string of the molecule is C=CCOc1ccc(C(=O)N(Cc2ccc(N(CC)CC)cc2)C2CCS(=O)(=O)C2)cc1. The maximum atomic E-state index is 13.4. The Morgan fingerprint density at radius 2 is 1.75 bits per heavy atom. The molecule has 172 valence electrons. The summed E-state index contributed by atoms with van der Waals surface area (Å²) in [7, 11) is -3.12. The number of benzene rings is 2. The molecule has 0 spiro atoms. The predicted molar refractivity (Wildman–Crippen MR) is 129 cm³/mol. The first-order chi connectivity index (χ1) is 15.4. The van der Waals surface area contributed by atoms with Crippen molar-refractivity contribution in [3.05, 3.63) is 72.3 Å². The third kappa shape index (κ3) is 5.91. The molecule has 0 saturated carbocycles. The first-order valence-electron chi connectivity index (χ1n) is 11.1. The molecule has 1 aliphatic rings. The van der Waals surface area contributed by atoms with Crippen LogP contribution in [0.25, 0.3) is 0 Å². The van der Waals surface area contributed by atoms with Crippen LogP contribution in [0, 0.1) is 0 Å². The summed E-state index contributed by atoms with van der Waals surface area (Å²) in [5.41, 5.74) is 2.62. The molecule has 6 nitrogen and oxygen atoms in total. The third-order valence-corrected chi connectivity index (χ3v) is 7.55. The lowest BCUT2D eigenvalue weighted by Gasteiger charge is -2.29. The van der Waals surface area contributed by atoms with Gasteiger partial charge in [-0.1, -0.05) is 24.8 Å². The van der Waals surface area contributed by atoms with Gasteiger partial charge in [0.15, 0.2) is 9.84 Å². The van der Waals surface area contributed by atoms with Crippen LogP contribution < -0.4 is 9.64 Å². The highest BCUT2D eigenvalue weighted by Crippen LogP contribution is 2.24. The van der Waals surface area contributed by atoms with E-state index in [1.807, 2.05) is 12.1 Å². The van der Waals surface area contributed by atoms with Crippen LogP contribution >= 0.6 is 0 Å². The van der Waals surface area contributed by atoms with Crippen molar-refractivity contribution in [2.24, 2.45) is 0 Å². The van der Waals surface area contributed by atoms with E-state index >= 15 is 0 Å². The summed E-state index contributed by atoms with van der Waals surface area (Å²) in [6.07, 6.45) is 2.12. The van der Waals surface area contributed by atoms with Gasteiger partial charge in [-0.15, -0.1) is 0 Å². The molecule has 1 aliphatic heterocycles. The van der Waals surface area contributed by atoms with Gasteiger partial charge in [0.2, 0.25) is 0 Å². The molecule has 2 aromatic carbocycles. The Balaban J connectivity index is 1.82. The monoisotopic (exact) mass is 456 g/mol. The average Bonchev–Trinajstić information content (AvgIpc) is 3.17. The fourth-order valence-electron chi connectivity index (χ4n) is 4.00. The van der Waals surface area contributed by atoms with Crippen molar-refractivity contribution in [1.29, 1.82) is 0 Å². The van der Waals surface area contributed by atoms with Crippen LogP contribution in [-0.2, 0) is 16.4 Å². The Labute approximate surface area is 191 Å². The minimum absolute atomic E-state index is 0.0107. The molecule has 2 aromatic rings. The lowest BCUT2D eigenvalue weighted by atomic mass is 10.1. The summed E-state index contributed by atoms with van der Waals surface area (Å²) in [5.74, 6) is 0.617. The maximum Gasteiger partial charge on any atom is 0.254 e. The molecule has 0 bridgehead atoms. The minimum Gasteiger partial charge on any atom is -0.490 e. The van der Waals surface area contributed by atoms with Crippen LogP contribution in [0.5, 0.6) is 5.75 Å². The van der Waals surface area contributed by atoms with Gasteiger partial charge in [-0.2, -0.15) is 0 Å². The van der Waals surface area contributed by atoms with Gasteiger partial charge in [-0.05, 0) is 62.2 Å². The molecule has 1 amide bonds. The van der Waals surface area contributed by atoms with Gasteiger partial charge in [-0.25, -0.2) is 8.42 Å². The van der Waals surface area contributed by atoms with Gasteiger partial charge in [0, 0.05) is 36.9 Å². The normalized spacial score (nSPS) is 17.0. The van der Waals surface area contributed by atoms with Crippen LogP contribution in [0.1, 0.15) is 36.2 Å². The quantitative estimate of drug-likeness (QED) is 0.507. The van der Waals surface area contributed by atoms with Crippen molar-refractivity contribution in [3.8, 4) is 5.75 Å². The number of hydrogen-bond acceptors (Lipinski definition) is 5. The molecule has 0 aliphatic carbocycles. The summed E-state index contributed by atoms with van der Waals surface area (Å²) in [6, 6.07) is 14.8. The summed E-state index contributed by atoms with van der Waals surface area (Å²) < 4.78 is 29.7. The second kappa shape index (κ2) is 10.7. The van der Waals surface area contributed by atoms with Crippen molar-refractivity contribution < 1.29 is 17.9 Å². The molecule has 0 aromatic heterocycles. The van der Waals surface area contributed by atoms with Crippen molar-refractivity contribution in [1.82, 2.24) is 4.90 Å². The Kier molecular flexibility index (Phi) is 7.96. The molecule has 1 unspecified atom stereocenters. The third-order valence-electron chi connectivity index (χ3n) is 5.80. The number of carbonyl (C=O) groups is 1. The van der Waals surface area contributed by atoms with E-state index in [0.29, 0.717) is 30.9 Å². The zero-order valence-corrected chi connectivity index (χ0v) is 19.7.